The van der Waals surface area contributed by atoms with E-state index in [0.29, 0.717) is 28.3 Å². The molecule has 0 unspecified atom stereocenters. The predicted octanol–water partition coefficient (Wildman–Crippen LogP) is 7.02. The number of ether oxygens (including phenoxy) is 2. The van der Waals surface area contributed by atoms with Crippen LogP contribution in [-0.2, 0) is 22.1 Å². The number of thiazole rings is 1. The van der Waals surface area contributed by atoms with Crippen LogP contribution in [0, 0.1) is 6.92 Å². The molecule has 36 heavy (non-hydrogen) atoms. The van der Waals surface area contributed by atoms with E-state index >= 15 is 0 Å². The number of benzene rings is 2. The fourth-order valence-electron chi connectivity index (χ4n) is 3.56. The highest BCUT2D eigenvalue weighted by Gasteiger charge is 2.30. The van der Waals surface area contributed by atoms with E-state index in [1.807, 2.05) is 20.8 Å². The van der Waals surface area contributed by atoms with Gasteiger partial charge in [0.15, 0.2) is 12.4 Å². The smallest absolute Gasteiger partial charge is 0.416 e. The number of hydrogen-bond acceptors (Lipinski definition) is 6. The maximum absolute atomic E-state index is 12.9. The standard InChI is InChI=1S/C27H28F3NO4S/c1-5-34-24(33)15-35-22-14-19(7-6-17(22)4)21(32)12-13-23-25(16(2)3)31-26(36-23)18-8-10-20(11-9-18)27(28,29)30/h6-11,14,16H,5,12-13,15H2,1-4H3. The number of rotatable bonds is 10. The van der Waals surface area contributed by atoms with Gasteiger partial charge in [0, 0.05) is 22.4 Å². The molecule has 0 amide bonds. The lowest BCUT2D eigenvalue weighted by Crippen LogP contribution is -2.15. The first-order valence-corrected chi connectivity index (χ1v) is 12.4. The normalized spacial score (nSPS) is 11.6. The quantitative estimate of drug-likeness (QED) is 0.213. The van der Waals surface area contributed by atoms with Crippen LogP contribution in [-0.4, -0.2) is 30.0 Å². The highest BCUT2D eigenvalue weighted by Crippen LogP contribution is 2.35. The number of hydrogen-bond donors (Lipinski definition) is 0. The molecular weight excluding hydrogens is 491 g/mol. The molecule has 0 bridgehead atoms. The zero-order valence-corrected chi connectivity index (χ0v) is 21.4. The van der Waals surface area contributed by atoms with Crippen molar-refractivity contribution in [2.75, 3.05) is 13.2 Å². The molecule has 0 saturated heterocycles. The van der Waals surface area contributed by atoms with Crippen LogP contribution in [0.2, 0.25) is 0 Å². The lowest BCUT2D eigenvalue weighted by molar-refractivity contribution is -0.145. The van der Waals surface area contributed by atoms with Gasteiger partial charge in [0.2, 0.25) is 0 Å². The van der Waals surface area contributed by atoms with Crippen molar-refractivity contribution in [1.82, 2.24) is 4.98 Å². The summed E-state index contributed by atoms with van der Waals surface area (Å²) in [5.74, 6) is -0.0324. The highest BCUT2D eigenvalue weighted by atomic mass is 32.1. The van der Waals surface area contributed by atoms with Crippen molar-refractivity contribution in [2.45, 2.75) is 52.6 Å². The maximum atomic E-state index is 12.9. The molecule has 0 aliphatic carbocycles. The zero-order chi connectivity index (χ0) is 26.5. The number of carbonyl (C=O) groups is 2. The highest BCUT2D eigenvalue weighted by molar-refractivity contribution is 7.15. The lowest BCUT2D eigenvalue weighted by Gasteiger charge is -2.10. The van der Waals surface area contributed by atoms with E-state index in [4.69, 9.17) is 9.47 Å². The third-order valence-electron chi connectivity index (χ3n) is 5.47. The number of aryl methyl sites for hydroxylation is 2. The number of nitrogens with zero attached hydrogens (tertiary/aromatic N) is 1. The molecule has 0 aliphatic rings. The predicted molar refractivity (Wildman–Crippen MR) is 133 cm³/mol. The molecule has 0 spiro atoms. The van der Waals surface area contributed by atoms with Gasteiger partial charge in [-0.05, 0) is 49.9 Å². The van der Waals surface area contributed by atoms with E-state index in [9.17, 15) is 22.8 Å². The SMILES string of the molecule is CCOC(=O)COc1cc(C(=O)CCc2sc(-c3ccc(C(F)(F)F)cc3)nc2C(C)C)ccc1C. The largest absolute Gasteiger partial charge is 0.482 e. The molecule has 192 valence electrons. The second-order valence-electron chi connectivity index (χ2n) is 8.55. The Morgan fingerprint density at radius 2 is 1.78 bits per heavy atom. The first-order valence-electron chi connectivity index (χ1n) is 11.6. The van der Waals surface area contributed by atoms with Crippen LogP contribution >= 0.6 is 11.3 Å². The molecule has 0 N–H and O–H groups in total. The fraction of sp³-hybridized carbons (Fsp3) is 0.370. The number of aromatic nitrogens is 1. The van der Waals surface area contributed by atoms with Gasteiger partial charge in [-0.1, -0.05) is 38.1 Å². The molecule has 1 heterocycles. The van der Waals surface area contributed by atoms with Gasteiger partial charge in [0.1, 0.15) is 10.8 Å². The number of ketones is 1. The van der Waals surface area contributed by atoms with E-state index in [0.717, 1.165) is 28.3 Å². The molecule has 1 aromatic heterocycles. The third-order valence-corrected chi connectivity index (χ3v) is 6.65. The molecule has 0 atom stereocenters. The second kappa shape index (κ2) is 11.7. The van der Waals surface area contributed by atoms with E-state index in [2.05, 4.69) is 4.98 Å². The summed E-state index contributed by atoms with van der Waals surface area (Å²) in [6.07, 6.45) is -3.71. The first kappa shape index (κ1) is 27.4. The van der Waals surface area contributed by atoms with Crippen molar-refractivity contribution in [3.63, 3.8) is 0 Å². The lowest BCUT2D eigenvalue weighted by atomic mass is 10.0. The van der Waals surface area contributed by atoms with Crippen LogP contribution < -0.4 is 4.74 Å². The van der Waals surface area contributed by atoms with Crippen molar-refractivity contribution in [1.29, 1.82) is 0 Å². The number of esters is 1. The Morgan fingerprint density at radius 3 is 2.39 bits per heavy atom. The van der Waals surface area contributed by atoms with Gasteiger partial charge in [-0.3, -0.25) is 4.79 Å². The minimum atomic E-state index is -4.39. The maximum Gasteiger partial charge on any atom is 0.416 e. The van der Waals surface area contributed by atoms with Crippen LogP contribution in [0.25, 0.3) is 10.6 Å². The van der Waals surface area contributed by atoms with E-state index in [1.165, 1.54) is 23.5 Å². The van der Waals surface area contributed by atoms with Gasteiger partial charge in [-0.25, -0.2) is 9.78 Å². The Labute approximate surface area is 212 Å². The summed E-state index contributed by atoms with van der Waals surface area (Å²) in [6, 6.07) is 10.1. The van der Waals surface area contributed by atoms with Gasteiger partial charge >= 0.3 is 12.1 Å². The van der Waals surface area contributed by atoms with Gasteiger partial charge in [0.05, 0.1) is 17.9 Å². The van der Waals surface area contributed by atoms with E-state index < -0.39 is 17.7 Å². The summed E-state index contributed by atoms with van der Waals surface area (Å²) in [4.78, 5) is 30.1. The zero-order valence-electron chi connectivity index (χ0n) is 20.6. The summed E-state index contributed by atoms with van der Waals surface area (Å²) >= 11 is 1.39. The number of Topliss-reactive ketones (excluding diaryl/α,β-unsaturated/α-hetero) is 1. The molecule has 0 radical (unpaired) electrons. The van der Waals surface area contributed by atoms with E-state index in [-0.39, 0.29) is 31.3 Å². The Bertz CT molecular complexity index is 1220. The van der Waals surface area contributed by atoms with Crippen LogP contribution in [0.4, 0.5) is 13.2 Å². The molecule has 0 fully saturated rings. The molecule has 0 aliphatic heterocycles. The third kappa shape index (κ3) is 6.94. The molecule has 0 saturated carbocycles. The van der Waals surface area contributed by atoms with Crippen molar-refractivity contribution in [3.8, 4) is 16.3 Å². The monoisotopic (exact) mass is 519 g/mol. The topological polar surface area (TPSA) is 65.5 Å². The molecule has 3 aromatic rings. The van der Waals surface area contributed by atoms with Crippen molar-refractivity contribution in [3.05, 3.63) is 69.7 Å². The average Bonchev–Trinajstić information content (AvgIpc) is 3.26. The summed E-state index contributed by atoms with van der Waals surface area (Å²) in [5, 5.41) is 0.625. The van der Waals surface area contributed by atoms with Crippen LogP contribution in [0.15, 0.2) is 42.5 Å². The minimum Gasteiger partial charge on any atom is -0.482 e. The van der Waals surface area contributed by atoms with Crippen LogP contribution in [0.5, 0.6) is 5.75 Å². The van der Waals surface area contributed by atoms with Gasteiger partial charge < -0.3 is 9.47 Å². The van der Waals surface area contributed by atoms with Crippen molar-refractivity contribution < 1.29 is 32.2 Å². The van der Waals surface area contributed by atoms with Crippen molar-refractivity contribution in [2.24, 2.45) is 0 Å². The molecular formula is C27H28F3NO4S. The first-order chi connectivity index (χ1) is 17.0. The average molecular weight is 520 g/mol. The van der Waals surface area contributed by atoms with Gasteiger partial charge in [0.25, 0.3) is 0 Å². The van der Waals surface area contributed by atoms with Crippen molar-refractivity contribution >= 4 is 23.1 Å². The Morgan fingerprint density at radius 1 is 1.08 bits per heavy atom. The van der Waals surface area contributed by atoms with E-state index in [1.54, 1.807) is 25.1 Å². The van der Waals surface area contributed by atoms with Crippen LogP contribution in [0.1, 0.15) is 65.2 Å². The molecule has 5 nitrogen and oxygen atoms in total. The van der Waals surface area contributed by atoms with Crippen LogP contribution in [0.3, 0.4) is 0 Å². The summed E-state index contributed by atoms with van der Waals surface area (Å²) in [5.41, 5.74) is 2.00. The Kier molecular flexibility index (Phi) is 8.89. The molecule has 3 rings (SSSR count). The molecule has 2 aromatic carbocycles. The van der Waals surface area contributed by atoms with Gasteiger partial charge in [-0.15, -0.1) is 11.3 Å². The Hall–Kier alpha value is -3.20. The molecule has 9 heteroatoms. The summed E-state index contributed by atoms with van der Waals surface area (Å²) in [6.45, 7) is 7.54. The number of alkyl halides is 3. The summed E-state index contributed by atoms with van der Waals surface area (Å²) in [7, 11) is 0. The summed E-state index contributed by atoms with van der Waals surface area (Å²) < 4.78 is 49.1. The fourth-order valence-corrected chi connectivity index (χ4v) is 4.78. The second-order valence-corrected chi connectivity index (χ2v) is 9.64. The van der Waals surface area contributed by atoms with Gasteiger partial charge in [-0.2, -0.15) is 13.2 Å². The minimum absolute atomic E-state index is 0.0878. The Balaban J connectivity index is 1.73. The number of carbonyl (C=O) groups excluding carboxylic acids is 2. The number of halogens is 3.